The summed E-state index contributed by atoms with van der Waals surface area (Å²) in [5, 5.41) is 5.20. The molecule has 0 spiro atoms. The molecule has 0 amide bonds. The molecular formula is C17H15N5S. The van der Waals surface area contributed by atoms with Crippen LogP contribution in [-0.2, 0) is 0 Å². The van der Waals surface area contributed by atoms with E-state index in [2.05, 4.69) is 31.8 Å². The molecule has 1 aromatic carbocycles. The molecule has 0 fully saturated rings. The summed E-state index contributed by atoms with van der Waals surface area (Å²) >= 11 is 1.62. The maximum absolute atomic E-state index is 4.80. The van der Waals surface area contributed by atoms with Crippen molar-refractivity contribution in [2.75, 3.05) is 11.9 Å². The highest BCUT2D eigenvalue weighted by molar-refractivity contribution is 7.15. The van der Waals surface area contributed by atoms with Crippen LogP contribution >= 0.6 is 11.3 Å². The van der Waals surface area contributed by atoms with E-state index in [0.29, 0.717) is 5.95 Å². The van der Waals surface area contributed by atoms with Gasteiger partial charge in [0.25, 0.3) is 0 Å². The molecule has 4 aromatic rings. The molecule has 0 aliphatic carbocycles. The minimum absolute atomic E-state index is 0.634. The van der Waals surface area contributed by atoms with Crippen molar-refractivity contribution in [2.24, 2.45) is 0 Å². The number of hydrogen-bond donors (Lipinski definition) is 1. The van der Waals surface area contributed by atoms with Crippen molar-refractivity contribution in [2.45, 2.75) is 6.92 Å². The van der Waals surface area contributed by atoms with Crippen LogP contribution in [0.3, 0.4) is 0 Å². The molecule has 5 nitrogen and oxygen atoms in total. The number of hydrogen-bond acceptors (Lipinski definition) is 5. The summed E-state index contributed by atoms with van der Waals surface area (Å²) in [6.45, 7) is 2.82. The zero-order valence-corrected chi connectivity index (χ0v) is 13.4. The molecule has 23 heavy (non-hydrogen) atoms. The first kappa shape index (κ1) is 13.9. The zero-order valence-electron chi connectivity index (χ0n) is 12.6. The number of nitrogens with one attached hydrogen (secondary N) is 1. The Bertz CT molecular complexity index is 942. The molecular weight excluding hydrogens is 306 g/mol. The van der Waals surface area contributed by atoms with Crippen molar-refractivity contribution in [1.82, 2.24) is 19.4 Å². The van der Waals surface area contributed by atoms with Gasteiger partial charge >= 0.3 is 0 Å². The second-order valence-electron chi connectivity index (χ2n) is 5.03. The van der Waals surface area contributed by atoms with Crippen molar-refractivity contribution >= 4 is 22.2 Å². The molecule has 0 atom stereocenters. The number of rotatable bonds is 4. The van der Waals surface area contributed by atoms with E-state index in [9.17, 15) is 0 Å². The molecule has 0 bridgehead atoms. The van der Waals surface area contributed by atoms with Crippen molar-refractivity contribution < 1.29 is 0 Å². The maximum atomic E-state index is 4.80. The van der Waals surface area contributed by atoms with Crippen LogP contribution in [0, 0.1) is 0 Å². The Labute approximate surface area is 137 Å². The summed E-state index contributed by atoms with van der Waals surface area (Å²) in [5.41, 5.74) is 3.88. The third kappa shape index (κ3) is 2.47. The van der Waals surface area contributed by atoms with Crippen LogP contribution in [0.1, 0.15) is 6.92 Å². The lowest BCUT2D eigenvalue weighted by Gasteiger charge is -2.06. The normalized spacial score (nSPS) is 11.0. The van der Waals surface area contributed by atoms with Gasteiger partial charge in [-0.1, -0.05) is 30.3 Å². The third-order valence-electron chi connectivity index (χ3n) is 3.54. The average Bonchev–Trinajstić information content (AvgIpc) is 3.17. The standard InChI is InChI=1S/C17H15N5S/c1-2-18-16-19-9-8-13(20-16)15-14(12-6-4-3-5-7-12)21-17-22(15)10-11-23-17/h3-11H,2H2,1H3,(H,18,19,20). The van der Waals surface area contributed by atoms with Crippen molar-refractivity contribution in [3.05, 3.63) is 54.2 Å². The molecule has 4 rings (SSSR count). The molecule has 0 aliphatic heterocycles. The van der Waals surface area contributed by atoms with Gasteiger partial charge in [0.15, 0.2) is 4.96 Å². The first-order chi connectivity index (χ1) is 11.4. The van der Waals surface area contributed by atoms with E-state index >= 15 is 0 Å². The Hall–Kier alpha value is -2.73. The van der Waals surface area contributed by atoms with E-state index in [1.807, 2.05) is 42.8 Å². The summed E-state index contributed by atoms with van der Waals surface area (Å²) in [7, 11) is 0. The van der Waals surface area contributed by atoms with Gasteiger partial charge in [-0.15, -0.1) is 11.3 Å². The van der Waals surface area contributed by atoms with Gasteiger partial charge in [0.1, 0.15) is 5.69 Å². The summed E-state index contributed by atoms with van der Waals surface area (Å²) < 4.78 is 2.09. The first-order valence-corrected chi connectivity index (χ1v) is 8.33. The number of aromatic nitrogens is 4. The van der Waals surface area contributed by atoms with Gasteiger partial charge in [-0.2, -0.15) is 0 Å². The fourth-order valence-corrected chi connectivity index (χ4v) is 3.28. The van der Waals surface area contributed by atoms with Gasteiger partial charge < -0.3 is 5.32 Å². The predicted molar refractivity (Wildman–Crippen MR) is 93.7 cm³/mol. The highest BCUT2D eigenvalue weighted by Gasteiger charge is 2.18. The van der Waals surface area contributed by atoms with Crippen LogP contribution in [0.5, 0.6) is 0 Å². The number of nitrogens with zero attached hydrogens (tertiary/aromatic N) is 4. The van der Waals surface area contributed by atoms with Gasteiger partial charge in [0, 0.05) is 29.9 Å². The Morgan fingerprint density at radius 2 is 2.00 bits per heavy atom. The molecule has 6 heteroatoms. The SMILES string of the molecule is CCNc1nccc(-c2c(-c3ccccc3)nc3sccn23)n1. The number of thiazole rings is 1. The zero-order chi connectivity index (χ0) is 15.6. The molecule has 114 valence electrons. The molecule has 0 radical (unpaired) electrons. The molecule has 3 aromatic heterocycles. The van der Waals surface area contributed by atoms with E-state index in [-0.39, 0.29) is 0 Å². The summed E-state index contributed by atoms with van der Waals surface area (Å²) in [6.07, 6.45) is 3.81. The Morgan fingerprint density at radius 1 is 1.13 bits per heavy atom. The van der Waals surface area contributed by atoms with Crippen molar-refractivity contribution in [3.63, 3.8) is 0 Å². The lowest BCUT2D eigenvalue weighted by molar-refractivity contribution is 1.08. The minimum Gasteiger partial charge on any atom is -0.354 e. The largest absolute Gasteiger partial charge is 0.354 e. The summed E-state index contributed by atoms with van der Waals surface area (Å²) in [4.78, 5) is 14.7. The van der Waals surface area contributed by atoms with E-state index in [0.717, 1.165) is 34.2 Å². The Kier molecular flexibility index (Phi) is 3.51. The fourth-order valence-electron chi connectivity index (χ4n) is 2.56. The van der Waals surface area contributed by atoms with Crippen LogP contribution < -0.4 is 5.32 Å². The minimum atomic E-state index is 0.634. The highest BCUT2D eigenvalue weighted by atomic mass is 32.1. The van der Waals surface area contributed by atoms with Crippen molar-refractivity contribution in [3.8, 4) is 22.6 Å². The molecule has 3 heterocycles. The second kappa shape index (κ2) is 5.81. The van der Waals surface area contributed by atoms with Crippen LogP contribution in [-0.4, -0.2) is 25.9 Å². The molecule has 1 N–H and O–H groups in total. The van der Waals surface area contributed by atoms with E-state index in [4.69, 9.17) is 4.98 Å². The van der Waals surface area contributed by atoms with Gasteiger partial charge in [-0.25, -0.2) is 15.0 Å². The topological polar surface area (TPSA) is 55.1 Å². The monoisotopic (exact) mass is 321 g/mol. The number of anilines is 1. The maximum Gasteiger partial charge on any atom is 0.223 e. The first-order valence-electron chi connectivity index (χ1n) is 7.45. The van der Waals surface area contributed by atoms with Gasteiger partial charge in [-0.05, 0) is 13.0 Å². The van der Waals surface area contributed by atoms with Crippen LogP contribution in [0.15, 0.2) is 54.2 Å². The summed E-state index contributed by atoms with van der Waals surface area (Å²) in [6, 6.07) is 12.1. The predicted octanol–water partition coefficient (Wildman–Crippen LogP) is 3.95. The van der Waals surface area contributed by atoms with Crippen LogP contribution in [0.4, 0.5) is 5.95 Å². The number of fused-ring (bicyclic) bond motifs is 1. The lowest BCUT2D eigenvalue weighted by Crippen LogP contribution is -2.02. The van der Waals surface area contributed by atoms with E-state index < -0.39 is 0 Å². The Balaban J connectivity index is 1.95. The van der Waals surface area contributed by atoms with Gasteiger partial charge in [0.05, 0.1) is 11.4 Å². The quantitative estimate of drug-likeness (QED) is 0.618. The molecule has 0 unspecified atom stereocenters. The highest BCUT2D eigenvalue weighted by Crippen LogP contribution is 2.33. The van der Waals surface area contributed by atoms with Crippen LogP contribution in [0.25, 0.3) is 27.6 Å². The van der Waals surface area contributed by atoms with Gasteiger partial charge in [-0.3, -0.25) is 4.40 Å². The molecule has 0 saturated carbocycles. The van der Waals surface area contributed by atoms with E-state index in [1.54, 1.807) is 17.5 Å². The second-order valence-corrected chi connectivity index (χ2v) is 5.90. The van der Waals surface area contributed by atoms with Gasteiger partial charge in [0.2, 0.25) is 5.95 Å². The fraction of sp³-hybridized carbons (Fsp3) is 0.118. The van der Waals surface area contributed by atoms with E-state index in [1.165, 1.54) is 0 Å². The Morgan fingerprint density at radius 3 is 2.83 bits per heavy atom. The lowest BCUT2D eigenvalue weighted by atomic mass is 10.1. The summed E-state index contributed by atoms with van der Waals surface area (Å²) in [5.74, 6) is 0.634. The van der Waals surface area contributed by atoms with Crippen LogP contribution in [0.2, 0.25) is 0 Å². The van der Waals surface area contributed by atoms with Crippen molar-refractivity contribution in [1.29, 1.82) is 0 Å². The number of benzene rings is 1. The molecule has 0 aliphatic rings. The average molecular weight is 321 g/mol. The number of imidazole rings is 1. The third-order valence-corrected chi connectivity index (χ3v) is 4.30. The molecule has 0 saturated heterocycles. The smallest absolute Gasteiger partial charge is 0.223 e.